The van der Waals surface area contributed by atoms with Crippen molar-refractivity contribution >= 4 is 28.5 Å². The number of esters is 1. The van der Waals surface area contributed by atoms with Gasteiger partial charge in [0.25, 0.3) is 0 Å². The Morgan fingerprint density at radius 1 is 1.17 bits per heavy atom. The Hall–Kier alpha value is -2.79. The SMILES string of the molecule is COC(=O)c1c(Cl)nc2ccccc2c1-c1ccc2c(c1)OCO2. The van der Waals surface area contributed by atoms with Crippen LogP contribution in [0, 0.1) is 0 Å². The number of halogens is 1. The number of hydrogen-bond donors (Lipinski definition) is 0. The third-order valence-electron chi connectivity index (χ3n) is 3.90. The van der Waals surface area contributed by atoms with E-state index in [0.29, 0.717) is 22.6 Å². The molecular formula is C18H12ClNO4. The first-order valence-electron chi connectivity index (χ1n) is 7.25. The van der Waals surface area contributed by atoms with Crippen molar-refractivity contribution in [1.82, 2.24) is 4.98 Å². The highest BCUT2D eigenvalue weighted by Crippen LogP contribution is 2.40. The summed E-state index contributed by atoms with van der Waals surface area (Å²) in [5.74, 6) is 0.758. The number of para-hydroxylation sites is 1. The van der Waals surface area contributed by atoms with Gasteiger partial charge in [-0.25, -0.2) is 9.78 Å². The van der Waals surface area contributed by atoms with Crippen LogP contribution in [0.1, 0.15) is 10.4 Å². The van der Waals surface area contributed by atoms with E-state index < -0.39 is 5.97 Å². The fraction of sp³-hybridized carbons (Fsp3) is 0.111. The molecule has 1 aliphatic heterocycles. The maximum atomic E-state index is 12.3. The minimum atomic E-state index is -0.536. The molecule has 2 aromatic carbocycles. The second-order valence-electron chi connectivity index (χ2n) is 5.23. The van der Waals surface area contributed by atoms with Gasteiger partial charge in [0.2, 0.25) is 6.79 Å². The average molecular weight is 342 g/mol. The minimum Gasteiger partial charge on any atom is -0.465 e. The summed E-state index contributed by atoms with van der Waals surface area (Å²) in [6.07, 6.45) is 0. The van der Waals surface area contributed by atoms with Crippen LogP contribution in [0.15, 0.2) is 42.5 Å². The standard InChI is InChI=1S/C18H12ClNO4/c1-22-18(21)16-15(10-6-7-13-14(8-10)24-9-23-13)11-4-2-3-5-12(11)20-17(16)19/h2-8H,9H2,1H3. The van der Waals surface area contributed by atoms with Crippen molar-refractivity contribution in [1.29, 1.82) is 0 Å². The van der Waals surface area contributed by atoms with Crippen LogP contribution in [0.3, 0.4) is 0 Å². The summed E-state index contributed by atoms with van der Waals surface area (Å²) in [5.41, 5.74) is 2.37. The van der Waals surface area contributed by atoms with E-state index in [0.717, 1.165) is 10.9 Å². The van der Waals surface area contributed by atoms with E-state index in [1.807, 2.05) is 42.5 Å². The van der Waals surface area contributed by atoms with E-state index in [9.17, 15) is 4.79 Å². The van der Waals surface area contributed by atoms with Crippen molar-refractivity contribution in [2.24, 2.45) is 0 Å². The fourth-order valence-electron chi connectivity index (χ4n) is 2.82. The molecule has 0 amide bonds. The van der Waals surface area contributed by atoms with Gasteiger partial charge in [0.15, 0.2) is 11.5 Å². The number of aromatic nitrogens is 1. The number of benzene rings is 2. The molecule has 0 spiro atoms. The molecule has 0 saturated carbocycles. The van der Waals surface area contributed by atoms with Crippen LogP contribution in [-0.2, 0) is 4.74 Å². The van der Waals surface area contributed by atoms with Crippen molar-refractivity contribution in [3.05, 3.63) is 53.2 Å². The molecule has 0 aliphatic carbocycles. The zero-order valence-corrected chi connectivity index (χ0v) is 13.5. The lowest BCUT2D eigenvalue weighted by molar-refractivity contribution is 0.0601. The molecule has 120 valence electrons. The highest BCUT2D eigenvalue weighted by atomic mass is 35.5. The van der Waals surface area contributed by atoms with Gasteiger partial charge in [-0.1, -0.05) is 35.9 Å². The molecule has 0 N–H and O–H groups in total. The first-order valence-corrected chi connectivity index (χ1v) is 7.63. The Labute approximate surface area is 142 Å². The number of methoxy groups -OCH3 is 1. The van der Waals surface area contributed by atoms with Crippen LogP contribution in [0.2, 0.25) is 5.15 Å². The van der Waals surface area contributed by atoms with Gasteiger partial charge in [-0.15, -0.1) is 0 Å². The molecule has 0 unspecified atom stereocenters. The molecule has 1 aromatic heterocycles. The summed E-state index contributed by atoms with van der Waals surface area (Å²) in [6.45, 7) is 0.181. The molecule has 24 heavy (non-hydrogen) atoms. The largest absolute Gasteiger partial charge is 0.465 e. The van der Waals surface area contributed by atoms with Crippen molar-refractivity contribution in [2.75, 3.05) is 13.9 Å². The normalized spacial score (nSPS) is 12.4. The quantitative estimate of drug-likeness (QED) is 0.519. The molecular weight excluding hydrogens is 330 g/mol. The summed E-state index contributed by atoms with van der Waals surface area (Å²) in [5, 5.41) is 0.911. The zero-order valence-electron chi connectivity index (χ0n) is 12.7. The van der Waals surface area contributed by atoms with E-state index in [-0.39, 0.29) is 17.5 Å². The number of hydrogen-bond acceptors (Lipinski definition) is 5. The van der Waals surface area contributed by atoms with E-state index in [4.69, 9.17) is 25.8 Å². The lowest BCUT2D eigenvalue weighted by atomic mass is 9.96. The number of ether oxygens (including phenoxy) is 3. The van der Waals surface area contributed by atoms with Gasteiger partial charge in [-0.3, -0.25) is 0 Å². The molecule has 3 aromatic rings. The van der Waals surface area contributed by atoms with Gasteiger partial charge < -0.3 is 14.2 Å². The van der Waals surface area contributed by atoms with E-state index in [1.165, 1.54) is 7.11 Å². The molecule has 5 nitrogen and oxygen atoms in total. The molecule has 0 bridgehead atoms. The van der Waals surface area contributed by atoms with Crippen LogP contribution in [-0.4, -0.2) is 24.9 Å². The van der Waals surface area contributed by atoms with Gasteiger partial charge >= 0.3 is 5.97 Å². The van der Waals surface area contributed by atoms with Crippen LogP contribution >= 0.6 is 11.6 Å². The second kappa shape index (κ2) is 5.69. The maximum absolute atomic E-state index is 12.3. The monoisotopic (exact) mass is 341 g/mol. The smallest absolute Gasteiger partial charge is 0.341 e. The Morgan fingerprint density at radius 3 is 2.79 bits per heavy atom. The van der Waals surface area contributed by atoms with Crippen LogP contribution < -0.4 is 9.47 Å². The predicted molar refractivity (Wildman–Crippen MR) is 89.7 cm³/mol. The number of pyridine rings is 1. The van der Waals surface area contributed by atoms with Crippen LogP contribution in [0.5, 0.6) is 11.5 Å². The summed E-state index contributed by atoms with van der Waals surface area (Å²) < 4.78 is 15.7. The van der Waals surface area contributed by atoms with Crippen molar-refractivity contribution < 1.29 is 19.0 Å². The molecule has 6 heteroatoms. The topological polar surface area (TPSA) is 57.7 Å². The Balaban J connectivity index is 2.06. The van der Waals surface area contributed by atoms with Gasteiger partial charge in [0.1, 0.15) is 10.7 Å². The molecule has 0 saturated heterocycles. The molecule has 4 rings (SSSR count). The number of carbonyl (C=O) groups excluding carboxylic acids is 1. The van der Waals surface area contributed by atoms with Crippen molar-refractivity contribution in [2.45, 2.75) is 0 Å². The lowest BCUT2D eigenvalue weighted by Crippen LogP contribution is -2.07. The summed E-state index contributed by atoms with van der Waals surface area (Å²) in [7, 11) is 1.32. The third-order valence-corrected chi connectivity index (χ3v) is 4.17. The number of carbonyl (C=O) groups is 1. The Morgan fingerprint density at radius 2 is 1.96 bits per heavy atom. The molecule has 2 heterocycles. The van der Waals surface area contributed by atoms with Crippen molar-refractivity contribution in [3.8, 4) is 22.6 Å². The van der Waals surface area contributed by atoms with Gasteiger partial charge in [0.05, 0.1) is 12.6 Å². The highest BCUT2D eigenvalue weighted by Gasteiger charge is 2.23. The van der Waals surface area contributed by atoms with E-state index in [1.54, 1.807) is 0 Å². The number of rotatable bonds is 2. The van der Waals surface area contributed by atoms with Crippen LogP contribution in [0.25, 0.3) is 22.0 Å². The molecule has 0 atom stereocenters. The summed E-state index contributed by atoms with van der Waals surface area (Å²) >= 11 is 6.28. The molecule has 0 radical (unpaired) electrons. The summed E-state index contributed by atoms with van der Waals surface area (Å²) in [4.78, 5) is 16.6. The number of fused-ring (bicyclic) bond motifs is 2. The maximum Gasteiger partial charge on any atom is 0.341 e. The fourth-order valence-corrected chi connectivity index (χ4v) is 3.08. The third kappa shape index (κ3) is 2.25. The second-order valence-corrected chi connectivity index (χ2v) is 5.59. The van der Waals surface area contributed by atoms with Gasteiger partial charge in [0, 0.05) is 10.9 Å². The van der Waals surface area contributed by atoms with E-state index >= 15 is 0 Å². The van der Waals surface area contributed by atoms with Gasteiger partial charge in [-0.2, -0.15) is 0 Å². The first kappa shape index (κ1) is 14.8. The lowest BCUT2D eigenvalue weighted by Gasteiger charge is -2.13. The Kier molecular flexibility index (Phi) is 3.50. The van der Waals surface area contributed by atoms with Crippen molar-refractivity contribution in [3.63, 3.8) is 0 Å². The van der Waals surface area contributed by atoms with Gasteiger partial charge in [-0.05, 0) is 23.8 Å². The van der Waals surface area contributed by atoms with Crippen LogP contribution in [0.4, 0.5) is 0 Å². The number of nitrogens with zero attached hydrogens (tertiary/aromatic N) is 1. The first-order chi connectivity index (χ1) is 11.7. The van der Waals surface area contributed by atoms with E-state index in [2.05, 4.69) is 4.98 Å². The summed E-state index contributed by atoms with van der Waals surface area (Å²) in [6, 6.07) is 13.0. The average Bonchev–Trinajstić information content (AvgIpc) is 3.07. The molecule has 0 fully saturated rings. The predicted octanol–water partition coefficient (Wildman–Crippen LogP) is 4.07. The highest BCUT2D eigenvalue weighted by molar-refractivity contribution is 6.34. The zero-order chi connectivity index (χ0) is 16.7. The minimum absolute atomic E-state index is 0.105. The molecule has 1 aliphatic rings. The Bertz CT molecular complexity index is 971.